The number of hydrogen-bond acceptors (Lipinski definition) is 10. The molecular formula is C26H33N9OS. The van der Waals surface area contributed by atoms with Gasteiger partial charge in [-0.05, 0) is 56.8 Å². The number of nitrogens with two attached hydrogens (primary N) is 1. The number of hydrogen-bond donors (Lipinski definition) is 3. The predicted octanol–water partition coefficient (Wildman–Crippen LogP) is 2.57. The van der Waals surface area contributed by atoms with Gasteiger partial charge in [0.05, 0.1) is 11.4 Å². The Labute approximate surface area is 221 Å². The number of aromatic nitrogens is 3. The number of carbonyl (C=O) groups is 1. The molecule has 2 fully saturated rings. The monoisotopic (exact) mass is 519 g/mol. The second-order valence-corrected chi connectivity index (χ2v) is 10.6. The molecule has 0 aliphatic carbocycles. The molecule has 5 rings (SSSR count). The van der Waals surface area contributed by atoms with Gasteiger partial charge in [-0.25, -0.2) is 9.97 Å². The predicted molar refractivity (Wildman–Crippen MR) is 149 cm³/mol. The van der Waals surface area contributed by atoms with Crippen LogP contribution in [0.5, 0.6) is 0 Å². The summed E-state index contributed by atoms with van der Waals surface area (Å²) in [6.45, 7) is 10.4. The van der Waals surface area contributed by atoms with Crippen LogP contribution in [0.2, 0.25) is 0 Å². The highest BCUT2D eigenvalue weighted by Crippen LogP contribution is 2.33. The topological polar surface area (TPSA) is 125 Å². The number of nitrogens with one attached hydrogen (secondary N) is 2. The van der Waals surface area contributed by atoms with E-state index in [4.69, 9.17) is 5.73 Å². The highest BCUT2D eigenvalue weighted by atomic mass is 32.1. The number of aliphatic imine (C=N–C) groups is 1. The number of rotatable bonds is 8. The number of anilines is 2. The largest absolute Gasteiger partial charge is 0.397 e. The third kappa shape index (κ3) is 6.12. The van der Waals surface area contributed by atoms with Crippen molar-refractivity contribution in [2.45, 2.75) is 19.4 Å². The molecule has 10 nitrogen and oxygen atoms in total. The van der Waals surface area contributed by atoms with Gasteiger partial charge in [0.2, 0.25) is 0 Å². The van der Waals surface area contributed by atoms with Crippen molar-refractivity contribution in [2.75, 3.05) is 56.4 Å². The Hall–Kier alpha value is -3.41. The van der Waals surface area contributed by atoms with E-state index in [2.05, 4.69) is 47.1 Å². The lowest BCUT2D eigenvalue weighted by Gasteiger charge is -2.31. The summed E-state index contributed by atoms with van der Waals surface area (Å²) in [5, 5.41) is 7.36. The number of thiazole rings is 1. The zero-order valence-corrected chi connectivity index (χ0v) is 21.7. The zero-order chi connectivity index (χ0) is 25.6. The molecule has 0 bridgehead atoms. The van der Waals surface area contributed by atoms with Gasteiger partial charge in [0.15, 0.2) is 5.82 Å². The molecule has 194 valence electrons. The molecule has 3 aromatic heterocycles. The van der Waals surface area contributed by atoms with E-state index in [1.165, 1.54) is 4.88 Å². The third-order valence-corrected chi connectivity index (χ3v) is 7.89. The Morgan fingerprint density at radius 3 is 2.76 bits per heavy atom. The average Bonchev–Trinajstić information content (AvgIpc) is 3.41. The second-order valence-electron chi connectivity index (χ2n) is 9.44. The van der Waals surface area contributed by atoms with Crippen LogP contribution in [0.1, 0.15) is 28.2 Å². The van der Waals surface area contributed by atoms with Crippen LogP contribution >= 0.6 is 11.3 Å². The van der Waals surface area contributed by atoms with Crippen LogP contribution in [0.25, 0.3) is 10.7 Å². The first kappa shape index (κ1) is 25.2. The first-order valence-electron chi connectivity index (χ1n) is 12.7. The van der Waals surface area contributed by atoms with Gasteiger partial charge < -0.3 is 21.3 Å². The molecule has 2 saturated heterocycles. The van der Waals surface area contributed by atoms with E-state index in [9.17, 15) is 4.79 Å². The molecule has 3 aromatic rings. The Morgan fingerprint density at radius 1 is 1.22 bits per heavy atom. The van der Waals surface area contributed by atoms with E-state index in [0.717, 1.165) is 69.4 Å². The van der Waals surface area contributed by atoms with Crippen LogP contribution in [0, 0.1) is 5.92 Å². The van der Waals surface area contributed by atoms with E-state index in [1.54, 1.807) is 23.6 Å². The van der Waals surface area contributed by atoms with Crippen molar-refractivity contribution < 1.29 is 4.79 Å². The Balaban J connectivity index is 1.12. The van der Waals surface area contributed by atoms with Crippen LogP contribution in [0.15, 0.2) is 41.7 Å². The van der Waals surface area contributed by atoms with Crippen LogP contribution in [0.4, 0.5) is 17.2 Å². The molecule has 2 aliphatic heterocycles. The summed E-state index contributed by atoms with van der Waals surface area (Å²) in [5.41, 5.74) is 8.42. The van der Waals surface area contributed by atoms with Crippen molar-refractivity contribution in [3.8, 4) is 10.7 Å². The highest BCUT2D eigenvalue weighted by molar-refractivity contribution is 7.14. The Morgan fingerprint density at radius 2 is 2.03 bits per heavy atom. The van der Waals surface area contributed by atoms with Crippen LogP contribution in [-0.4, -0.2) is 78.3 Å². The smallest absolute Gasteiger partial charge is 0.270 e. The normalized spacial score (nSPS) is 17.0. The molecule has 0 radical (unpaired) electrons. The highest BCUT2D eigenvalue weighted by Gasteiger charge is 2.23. The van der Waals surface area contributed by atoms with Gasteiger partial charge in [0, 0.05) is 56.5 Å². The number of nitrogens with zero attached hydrogens (tertiary/aromatic N) is 6. The molecule has 37 heavy (non-hydrogen) atoms. The number of carbonyl (C=O) groups excluding carboxylic acids is 1. The molecule has 2 aliphatic rings. The molecule has 0 unspecified atom stereocenters. The maximum atomic E-state index is 13.0. The standard InChI is InChI=1S/C26H33N9OS/c1-28-23-20(27)14-22(33-24(23)35-12-8-29-9-13-35)25(36)31-15-18-5-10-34(11-6-18)17-19-16-32-26(37-19)21-4-2-3-7-30-21/h2-4,7,14,16,18,29H,1,5-6,8-13,15,17H2,(H2,27,33)(H,31,36). The molecule has 0 saturated carbocycles. The third-order valence-electron chi connectivity index (χ3n) is 6.89. The summed E-state index contributed by atoms with van der Waals surface area (Å²) in [7, 11) is 0. The Kier molecular flexibility index (Phi) is 8.02. The minimum Gasteiger partial charge on any atom is -0.397 e. The fourth-order valence-electron chi connectivity index (χ4n) is 4.80. The molecule has 0 aromatic carbocycles. The van der Waals surface area contributed by atoms with Gasteiger partial charge in [-0.1, -0.05) is 6.07 Å². The number of nitrogen functional groups attached to an aromatic ring is 1. The van der Waals surface area contributed by atoms with Crippen molar-refractivity contribution in [1.82, 2.24) is 30.5 Å². The maximum absolute atomic E-state index is 13.0. The van der Waals surface area contributed by atoms with E-state index < -0.39 is 0 Å². The van der Waals surface area contributed by atoms with E-state index >= 15 is 0 Å². The minimum atomic E-state index is -0.201. The minimum absolute atomic E-state index is 0.201. The average molecular weight is 520 g/mol. The molecular weight excluding hydrogens is 486 g/mol. The zero-order valence-electron chi connectivity index (χ0n) is 20.9. The summed E-state index contributed by atoms with van der Waals surface area (Å²) < 4.78 is 0. The van der Waals surface area contributed by atoms with Gasteiger partial charge in [-0.3, -0.25) is 19.7 Å². The number of pyridine rings is 2. The lowest BCUT2D eigenvalue weighted by molar-refractivity contribution is 0.0930. The first-order valence-corrected chi connectivity index (χ1v) is 13.5. The molecule has 5 heterocycles. The first-order chi connectivity index (χ1) is 18.1. The van der Waals surface area contributed by atoms with Gasteiger partial charge in [-0.15, -0.1) is 11.3 Å². The summed E-state index contributed by atoms with van der Waals surface area (Å²) in [6.07, 6.45) is 5.82. The fourth-order valence-corrected chi connectivity index (χ4v) is 5.74. The van der Waals surface area contributed by atoms with Crippen LogP contribution < -0.4 is 21.3 Å². The SMILES string of the molecule is C=Nc1c(N)cc(C(=O)NCC2CCN(Cc3cnc(-c4ccccn4)s3)CC2)nc1N1CCNCC1. The maximum Gasteiger partial charge on any atom is 0.270 e. The van der Waals surface area contributed by atoms with Crippen molar-refractivity contribution in [3.63, 3.8) is 0 Å². The van der Waals surface area contributed by atoms with Gasteiger partial charge in [-0.2, -0.15) is 0 Å². The second kappa shape index (κ2) is 11.8. The number of likely N-dealkylation sites (tertiary alicyclic amines) is 1. The molecule has 0 spiro atoms. The van der Waals surface area contributed by atoms with Crippen LogP contribution in [-0.2, 0) is 6.54 Å². The van der Waals surface area contributed by atoms with E-state index in [0.29, 0.717) is 35.3 Å². The number of amides is 1. The van der Waals surface area contributed by atoms with Crippen molar-refractivity contribution >= 4 is 41.2 Å². The van der Waals surface area contributed by atoms with Crippen LogP contribution in [0.3, 0.4) is 0 Å². The van der Waals surface area contributed by atoms with E-state index in [-0.39, 0.29) is 5.91 Å². The molecule has 11 heteroatoms. The van der Waals surface area contributed by atoms with Crippen molar-refractivity contribution in [3.05, 3.63) is 47.2 Å². The molecule has 1 amide bonds. The summed E-state index contributed by atoms with van der Waals surface area (Å²) in [4.78, 5) is 36.4. The van der Waals surface area contributed by atoms with Gasteiger partial charge in [0.1, 0.15) is 16.4 Å². The quantitative estimate of drug-likeness (QED) is 0.388. The lowest BCUT2D eigenvalue weighted by atomic mass is 9.96. The molecule has 4 N–H and O–H groups in total. The molecule has 0 atom stereocenters. The lowest BCUT2D eigenvalue weighted by Crippen LogP contribution is -2.44. The van der Waals surface area contributed by atoms with Gasteiger partial charge >= 0.3 is 0 Å². The summed E-state index contributed by atoms with van der Waals surface area (Å²) in [5.74, 6) is 0.863. The van der Waals surface area contributed by atoms with Gasteiger partial charge in [0.25, 0.3) is 5.91 Å². The summed E-state index contributed by atoms with van der Waals surface area (Å²) in [6, 6.07) is 7.49. The number of piperazine rings is 1. The summed E-state index contributed by atoms with van der Waals surface area (Å²) >= 11 is 1.70. The van der Waals surface area contributed by atoms with Crippen molar-refractivity contribution in [2.24, 2.45) is 10.9 Å². The fraction of sp³-hybridized carbons (Fsp3) is 0.423. The Bertz CT molecular complexity index is 1220. The number of piperidine rings is 1. The van der Waals surface area contributed by atoms with Crippen molar-refractivity contribution in [1.29, 1.82) is 0 Å². The van der Waals surface area contributed by atoms with E-state index in [1.807, 2.05) is 24.4 Å².